The van der Waals surface area contributed by atoms with Crippen molar-refractivity contribution in [3.05, 3.63) is 22.5 Å². The number of hydrogen-bond acceptors (Lipinski definition) is 7. The molecule has 1 unspecified atom stereocenters. The first kappa shape index (κ1) is 20.4. The number of rotatable bonds is 9. The zero-order valence-electron chi connectivity index (χ0n) is 13.8. The number of amides is 1. The highest BCUT2D eigenvalue weighted by atomic mass is 35.5. The van der Waals surface area contributed by atoms with E-state index < -0.39 is 17.3 Å². The van der Waals surface area contributed by atoms with Gasteiger partial charge in [-0.3, -0.25) is 4.79 Å². The second kappa shape index (κ2) is 10.2. The van der Waals surface area contributed by atoms with Gasteiger partial charge in [-0.2, -0.15) is 11.8 Å². The summed E-state index contributed by atoms with van der Waals surface area (Å²) in [4.78, 5) is 34.4. The number of allylic oxidation sites excluding steroid dienone is 1. The van der Waals surface area contributed by atoms with Crippen LogP contribution in [0.3, 0.4) is 0 Å². The Morgan fingerprint density at radius 2 is 2.08 bits per heavy atom. The standard InChI is InChI=1S/C15H21ClN2O5S/c1-4-23-15(21)12-10(7-24-6-5-17-8-19)18-9(2)11(13(12)16)14(20)22-3/h8,13,18H,4-7H2,1-3H3,(H,17,19). The van der Waals surface area contributed by atoms with Crippen LogP contribution in [0.2, 0.25) is 0 Å². The van der Waals surface area contributed by atoms with Crippen LogP contribution in [0.5, 0.6) is 0 Å². The maximum atomic E-state index is 12.3. The average Bonchev–Trinajstić information content (AvgIpc) is 2.54. The summed E-state index contributed by atoms with van der Waals surface area (Å²) in [6.45, 7) is 4.11. The number of methoxy groups -OCH3 is 1. The first-order chi connectivity index (χ1) is 11.5. The zero-order chi connectivity index (χ0) is 18.1. The third-order valence-corrected chi connectivity index (χ3v) is 4.62. The summed E-state index contributed by atoms with van der Waals surface area (Å²) in [7, 11) is 1.26. The van der Waals surface area contributed by atoms with Crippen LogP contribution in [0, 0.1) is 0 Å². The van der Waals surface area contributed by atoms with Gasteiger partial charge in [-0.05, 0) is 13.8 Å². The Hall–Kier alpha value is -1.67. The monoisotopic (exact) mass is 376 g/mol. The Balaban J connectivity index is 2.99. The Labute approximate surface area is 150 Å². The molecule has 7 nitrogen and oxygen atoms in total. The molecular weight excluding hydrogens is 356 g/mol. The molecule has 0 fully saturated rings. The van der Waals surface area contributed by atoms with Gasteiger partial charge in [0.05, 0.1) is 24.9 Å². The molecule has 24 heavy (non-hydrogen) atoms. The molecule has 2 N–H and O–H groups in total. The number of esters is 2. The van der Waals surface area contributed by atoms with Crippen LogP contribution in [0.15, 0.2) is 22.5 Å². The quantitative estimate of drug-likeness (QED) is 0.268. The zero-order valence-corrected chi connectivity index (χ0v) is 15.4. The largest absolute Gasteiger partial charge is 0.466 e. The molecule has 1 amide bonds. The van der Waals surface area contributed by atoms with Crippen molar-refractivity contribution in [3.8, 4) is 0 Å². The van der Waals surface area contributed by atoms with E-state index in [0.29, 0.717) is 35.9 Å². The molecule has 1 heterocycles. The fraction of sp³-hybridized carbons (Fsp3) is 0.533. The summed E-state index contributed by atoms with van der Waals surface area (Å²) < 4.78 is 9.80. The van der Waals surface area contributed by atoms with Crippen LogP contribution in [0.25, 0.3) is 0 Å². The Morgan fingerprint density at radius 3 is 2.67 bits per heavy atom. The van der Waals surface area contributed by atoms with Crippen LogP contribution in [-0.2, 0) is 23.9 Å². The highest BCUT2D eigenvalue weighted by molar-refractivity contribution is 7.99. The lowest BCUT2D eigenvalue weighted by atomic mass is 9.97. The molecule has 0 aromatic heterocycles. The SMILES string of the molecule is CCOC(=O)C1=C(CSCCNC=O)NC(C)=C(C(=O)OC)C1Cl. The fourth-order valence-corrected chi connectivity index (χ4v) is 3.44. The van der Waals surface area contributed by atoms with E-state index in [1.165, 1.54) is 18.9 Å². The minimum Gasteiger partial charge on any atom is -0.466 e. The summed E-state index contributed by atoms with van der Waals surface area (Å²) in [5.74, 6) is -0.0345. The number of carbonyl (C=O) groups excluding carboxylic acids is 3. The summed E-state index contributed by atoms with van der Waals surface area (Å²) in [6, 6.07) is 0. The van der Waals surface area contributed by atoms with Gasteiger partial charge in [-0.25, -0.2) is 9.59 Å². The van der Waals surface area contributed by atoms with E-state index >= 15 is 0 Å². The van der Waals surface area contributed by atoms with Crippen LogP contribution in [0.1, 0.15) is 13.8 Å². The van der Waals surface area contributed by atoms with E-state index in [1.54, 1.807) is 13.8 Å². The molecule has 1 aliphatic rings. The van der Waals surface area contributed by atoms with E-state index in [0.717, 1.165) is 0 Å². The number of dihydropyridines is 1. The summed E-state index contributed by atoms with van der Waals surface area (Å²) in [6.07, 6.45) is 0.632. The lowest BCUT2D eigenvalue weighted by molar-refractivity contribution is -0.138. The maximum absolute atomic E-state index is 12.3. The second-order valence-corrected chi connectivity index (χ2v) is 6.30. The number of nitrogens with one attached hydrogen (secondary N) is 2. The van der Waals surface area contributed by atoms with Gasteiger partial charge in [0.15, 0.2) is 0 Å². The number of carbonyl (C=O) groups is 3. The molecular formula is C15H21ClN2O5S. The van der Waals surface area contributed by atoms with Crippen LogP contribution < -0.4 is 10.6 Å². The molecule has 0 aromatic carbocycles. The molecule has 9 heteroatoms. The minimum absolute atomic E-state index is 0.193. The van der Waals surface area contributed by atoms with Crippen molar-refractivity contribution >= 4 is 41.7 Å². The second-order valence-electron chi connectivity index (χ2n) is 4.76. The summed E-state index contributed by atoms with van der Waals surface area (Å²) in [5, 5.41) is 4.67. The van der Waals surface area contributed by atoms with Crippen molar-refractivity contribution in [1.82, 2.24) is 10.6 Å². The first-order valence-corrected chi connectivity index (χ1v) is 8.92. The van der Waals surface area contributed by atoms with E-state index in [1.807, 2.05) is 0 Å². The van der Waals surface area contributed by atoms with Gasteiger partial charge in [0, 0.05) is 29.4 Å². The van der Waals surface area contributed by atoms with Crippen molar-refractivity contribution in [2.45, 2.75) is 19.2 Å². The molecule has 0 radical (unpaired) electrons. The number of alkyl halides is 1. The van der Waals surface area contributed by atoms with E-state index in [-0.39, 0.29) is 17.8 Å². The highest BCUT2D eigenvalue weighted by Crippen LogP contribution is 2.31. The third-order valence-electron chi connectivity index (χ3n) is 3.20. The predicted molar refractivity (Wildman–Crippen MR) is 92.5 cm³/mol. The van der Waals surface area contributed by atoms with Crippen molar-refractivity contribution < 1.29 is 23.9 Å². The smallest absolute Gasteiger partial charge is 0.337 e. The molecule has 0 aliphatic carbocycles. The van der Waals surface area contributed by atoms with Crippen LogP contribution in [0.4, 0.5) is 0 Å². The topological polar surface area (TPSA) is 93.7 Å². The number of thioether (sulfide) groups is 1. The van der Waals surface area contributed by atoms with Gasteiger partial charge >= 0.3 is 11.9 Å². The van der Waals surface area contributed by atoms with Gasteiger partial charge in [-0.15, -0.1) is 11.6 Å². The lowest BCUT2D eigenvalue weighted by Crippen LogP contribution is -2.35. The first-order valence-electron chi connectivity index (χ1n) is 7.32. The highest BCUT2D eigenvalue weighted by Gasteiger charge is 2.36. The average molecular weight is 377 g/mol. The van der Waals surface area contributed by atoms with Crippen LogP contribution in [-0.4, -0.2) is 55.5 Å². The Bertz CT molecular complexity index is 562. The van der Waals surface area contributed by atoms with Crippen molar-refractivity contribution in [2.75, 3.05) is 31.8 Å². The fourth-order valence-electron chi connectivity index (χ4n) is 2.13. The van der Waals surface area contributed by atoms with E-state index in [2.05, 4.69) is 10.6 Å². The molecule has 0 saturated heterocycles. The molecule has 1 rings (SSSR count). The van der Waals surface area contributed by atoms with Gasteiger partial charge in [0.1, 0.15) is 5.38 Å². The predicted octanol–water partition coefficient (Wildman–Crippen LogP) is 0.940. The number of halogens is 1. The molecule has 1 aliphatic heterocycles. The molecule has 0 bridgehead atoms. The van der Waals surface area contributed by atoms with Gasteiger partial charge in [-0.1, -0.05) is 0 Å². The van der Waals surface area contributed by atoms with Crippen molar-refractivity contribution in [2.24, 2.45) is 0 Å². The van der Waals surface area contributed by atoms with Crippen molar-refractivity contribution in [3.63, 3.8) is 0 Å². The molecule has 1 atom stereocenters. The molecule has 0 aromatic rings. The van der Waals surface area contributed by atoms with E-state index in [9.17, 15) is 14.4 Å². The van der Waals surface area contributed by atoms with Crippen LogP contribution >= 0.6 is 23.4 Å². The summed E-state index contributed by atoms with van der Waals surface area (Å²) in [5.41, 5.74) is 1.53. The van der Waals surface area contributed by atoms with E-state index in [4.69, 9.17) is 21.1 Å². The Kier molecular flexibility index (Phi) is 8.70. The molecule has 0 spiro atoms. The van der Waals surface area contributed by atoms with Gasteiger partial charge < -0.3 is 20.1 Å². The lowest BCUT2D eigenvalue weighted by Gasteiger charge is -2.27. The minimum atomic E-state index is -0.943. The van der Waals surface area contributed by atoms with Gasteiger partial charge in [0.2, 0.25) is 6.41 Å². The van der Waals surface area contributed by atoms with Crippen molar-refractivity contribution in [1.29, 1.82) is 0 Å². The molecule has 134 valence electrons. The maximum Gasteiger partial charge on any atom is 0.337 e. The normalized spacial score (nSPS) is 17.2. The number of ether oxygens (including phenoxy) is 2. The number of hydrogen-bond donors (Lipinski definition) is 2. The van der Waals surface area contributed by atoms with Gasteiger partial charge in [0.25, 0.3) is 0 Å². The summed E-state index contributed by atoms with van der Waals surface area (Å²) >= 11 is 7.89. The molecule has 0 saturated carbocycles. The third kappa shape index (κ3) is 5.17. The Morgan fingerprint density at radius 1 is 1.38 bits per heavy atom.